The maximum atomic E-state index is 12.7. The summed E-state index contributed by atoms with van der Waals surface area (Å²) in [5.74, 6) is 3.01. The van der Waals surface area contributed by atoms with Crippen molar-refractivity contribution >= 4 is 11.9 Å². The van der Waals surface area contributed by atoms with Crippen molar-refractivity contribution in [2.45, 2.75) is 38.0 Å². The van der Waals surface area contributed by atoms with E-state index in [9.17, 15) is 4.79 Å². The molecule has 1 aromatic heterocycles. The van der Waals surface area contributed by atoms with Gasteiger partial charge >= 0.3 is 0 Å². The number of piperidine rings is 2. The van der Waals surface area contributed by atoms with Crippen molar-refractivity contribution in [2.24, 2.45) is 10.9 Å². The number of aromatic amines is 1. The van der Waals surface area contributed by atoms with E-state index in [1.807, 2.05) is 4.90 Å². The second-order valence-electron chi connectivity index (χ2n) is 8.55. The largest absolute Gasteiger partial charge is 0.347 e. The molecule has 2 aliphatic rings. The molecule has 0 spiro atoms. The first-order valence-corrected chi connectivity index (χ1v) is 11.4. The Morgan fingerprint density at radius 3 is 2.45 bits per heavy atom. The second-order valence-corrected chi connectivity index (χ2v) is 8.55. The zero-order valence-electron chi connectivity index (χ0n) is 18.3. The molecular weight excluding hydrogens is 390 g/mol. The van der Waals surface area contributed by atoms with Crippen molar-refractivity contribution in [3.05, 3.63) is 48.0 Å². The highest BCUT2D eigenvalue weighted by atomic mass is 16.2. The number of carbonyl (C=O) groups excluding carboxylic acids is 1. The van der Waals surface area contributed by atoms with Crippen LogP contribution >= 0.6 is 0 Å². The molecule has 2 N–H and O–H groups in total. The van der Waals surface area contributed by atoms with Gasteiger partial charge in [0, 0.05) is 39.1 Å². The van der Waals surface area contributed by atoms with Gasteiger partial charge in [0.15, 0.2) is 5.96 Å². The molecule has 0 aliphatic carbocycles. The molecule has 0 atom stereocenters. The first-order chi connectivity index (χ1) is 15.2. The second kappa shape index (κ2) is 10.4. The van der Waals surface area contributed by atoms with E-state index in [0.717, 1.165) is 70.1 Å². The van der Waals surface area contributed by atoms with E-state index in [1.54, 1.807) is 13.4 Å². The van der Waals surface area contributed by atoms with Crippen LogP contribution in [-0.4, -0.2) is 76.6 Å². The molecule has 2 saturated heterocycles. The van der Waals surface area contributed by atoms with Crippen LogP contribution in [0.5, 0.6) is 0 Å². The Hall–Kier alpha value is -2.90. The van der Waals surface area contributed by atoms with Gasteiger partial charge in [0.2, 0.25) is 5.91 Å². The fourth-order valence-corrected chi connectivity index (χ4v) is 4.71. The molecule has 2 aromatic rings. The zero-order valence-corrected chi connectivity index (χ0v) is 18.3. The fraction of sp³-hybridized carbons (Fsp3) is 0.565. The number of H-pyrrole nitrogens is 1. The molecule has 8 heteroatoms. The van der Waals surface area contributed by atoms with Crippen LogP contribution in [0.4, 0.5) is 0 Å². The average molecular weight is 424 g/mol. The Bertz CT molecular complexity index is 836. The van der Waals surface area contributed by atoms with Gasteiger partial charge in [0.25, 0.3) is 0 Å². The number of rotatable bonds is 5. The van der Waals surface area contributed by atoms with Gasteiger partial charge in [-0.1, -0.05) is 30.3 Å². The Morgan fingerprint density at radius 1 is 1.10 bits per heavy atom. The number of amides is 1. The van der Waals surface area contributed by atoms with Crippen molar-refractivity contribution in [1.29, 1.82) is 0 Å². The summed E-state index contributed by atoms with van der Waals surface area (Å²) in [5, 5.41) is 10.2. The topological polar surface area (TPSA) is 89.5 Å². The van der Waals surface area contributed by atoms with Crippen LogP contribution in [0.2, 0.25) is 0 Å². The van der Waals surface area contributed by atoms with E-state index in [-0.39, 0.29) is 5.91 Å². The molecule has 0 unspecified atom stereocenters. The van der Waals surface area contributed by atoms with E-state index in [1.165, 1.54) is 5.56 Å². The molecule has 3 heterocycles. The van der Waals surface area contributed by atoms with Gasteiger partial charge in [0.05, 0.1) is 6.54 Å². The van der Waals surface area contributed by atoms with Crippen molar-refractivity contribution < 1.29 is 4.79 Å². The number of aromatic nitrogens is 3. The number of likely N-dealkylation sites (tertiary alicyclic amines) is 2. The van der Waals surface area contributed by atoms with Crippen LogP contribution in [0.25, 0.3) is 0 Å². The molecule has 31 heavy (non-hydrogen) atoms. The molecule has 8 nitrogen and oxygen atoms in total. The molecule has 0 radical (unpaired) electrons. The van der Waals surface area contributed by atoms with Gasteiger partial charge in [-0.15, -0.1) is 0 Å². The molecule has 1 amide bonds. The summed E-state index contributed by atoms with van der Waals surface area (Å²) in [4.78, 5) is 25.7. The number of benzene rings is 1. The van der Waals surface area contributed by atoms with Crippen LogP contribution in [0.15, 0.2) is 41.7 Å². The van der Waals surface area contributed by atoms with Crippen molar-refractivity contribution in [3.8, 4) is 0 Å². The minimum atomic E-state index is 0.163. The lowest BCUT2D eigenvalue weighted by Crippen LogP contribution is -2.49. The third-order valence-corrected chi connectivity index (χ3v) is 6.56. The van der Waals surface area contributed by atoms with E-state index >= 15 is 0 Å². The number of hydrogen-bond acceptors (Lipinski definition) is 4. The highest BCUT2D eigenvalue weighted by Gasteiger charge is 2.26. The van der Waals surface area contributed by atoms with Crippen LogP contribution in [0, 0.1) is 5.92 Å². The van der Waals surface area contributed by atoms with Gasteiger partial charge in [-0.25, -0.2) is 4.98 Å². The lowest BCUT2D eigenvalue weighted by Gasteiger charge is -2.34. The van der Waals surface area contributed by atoms with E-state index in [4.69, 9.17) is 0 Å². The van der Waals surface area contributed by atoms with Gasteiger partial charge in [-0.3, -0.25) is 14.9 Å². The Labute approximate surface area is 184 Å². The van der Waals surface area contributed by atoms with Crippen LogP contribution in [0.1, 0.15) is 43.0 Å². The van der Waals surface area contributed by atoms with Crippen LogP contribution in [0.3, 0.4) is 0 Å². The molecule has 2 fully saturated rings. The van der Waals surface area contributed by atoms with Crippen LogP contribution in [-0.2, 0) is 11.2 Å². The molecular formula is C23H33N7O. The monoisotopic (exact) mass is 423 g/mol. The van der Waals surface area contributed by atoms with Crippen molar-refractivity contribution in [1.82, 2.24) is 30.3 Å². The Morgan fingerprint density at radius 2 is 1.81 bits per heavy atom. The Balaban J connectivity index is 1.18. The van der Waals surface area contributed by atoms with Gasteiger partial charge in [-0.05, 0) is 43.6 Å². The summed E-state index contributed by atoms with van der Waals surface area (Å²) >= 11 is 0. The number of nitrogens with one attached hydrogen (secondary N) is 2. The van der Waals surface area contributed by atoms with E-state index in [2.05, 4.69) is 60.7 Å². The molecule has 0 bridgehead atoms. The van der Waals surface area contributed by atoms with Crippen molar-refractivity contribution in [3.63, 3.8) is 0 Å². The normalized spacial score (nSPS) is 18.9. The fourth-order valence-electron chi connectivity index (χ4n) is 4.71. The summed E-state index contributed by atoms with van der Waals surface area (Å²) in [7, 11) is 1.78. The smallest absolute Gasteiger partial charge is 0.241 e. The highest BCUT2D eigenvalue weighted by molar-refractivity contribution is 5.86. The summed E-state index contributed by atoms with van der Waals surface area (Å²) in [6.07, 6.45) is 6.82. The predicted octanol–water partition coefficient (Wildman–Crippen LogP) is 2.04. The molecule has 4 rings (SSSR count). The number of guanidine groups is 1. The zero-order chi connectivity index (χ0) is 21.5. The average Bonchev–Trinajstić information content (AvgIpc) is 3.36. The number of nitrogens with zero attached hydrogens (tertiary/aromatic N) is 5. The summed E-state index contributed by atoms with van der Waals surface area (Å²) < 4.78 is 0. The number of hydrogen-bond donors (Lipinski definition) is 2. The molecule has 0 saturated carbocycles. The third-order valence-electron chi connectivity index (χ3n) is 6.56. The maximum Gasteiger partial charge on any atom is 0.241 e. The number of aliphatic imine (C=N–C) groups is 1. The predicted molar refractivity (Wildman–Crippen MR) is 121 cm³/mol. The van der Waals surface area contributed by atoms with Gasteiger partial charge < -0.3 is 15.1 Å². The third kappa shape index (κ3) is 5.62. The first-order valence-electron chi connectivity index (χ1n) is 11.4. The standard InChI is InChI=1S/C23H33N7O/c1-24-23(30-13-9-20(10-14-30)22-26-17-27-28-22)25-16-21(31)29-11-7-19(8-12-29)15-18-5-3-2-4-6-18/h2-6,17,19-20H,7-16H2,1H3,(H,24,25)(H,26,27,28). The van der Waals surface area contributed by atoms with Crippen LogP contribution < -0.4 is 5.32 Å². The van der Waals surface area contributed by atoms with Gasteiger partial charge in [0.1, 0.15) is 12.2 Å². The molecule has 1 aromatic carbocycles. The highest BCUT2D eigenvalue weighted by Crippen LogP contribution is 2.25. The summed E-state index contributed by atoms with van der Waals surface area (Å²) in [6, 6.07) is 10.7. The SMILES string of the molecule is CN=C(NCC(=O)N1CCC(Cc2ccccc2)CC1)N1CCC(c2ncn[nH]2)CC1. The van der Waals surface area contributed by atoms with Crippen molar-refractivity contribution in [2.75, 3.05) is 39.8 Å². The number of carbonyl (C=O) groups is 1. The summed E-state index contributed by atoms with van der Waals surface area (Å²) in [6.45, 7) is 3.78. The van der Waals surface area contributed by atoms with Gasteiger partial charge in [-0.2, -0.15) is 5.10 Å². The lowest BCUT2D eigenvalue weighted by molar-refractivity contribution is -0.131. The minimum Gasteiger partial charge on any atom is -0.347 e. The minimum absolute atomic E-state index is 0.163. The lowest BCUT2D eigenvalue weighted by atomic mass is 9.90. The first kappa shape index (κ1) is 21.3. The summed E-state index contributed by atoms with van der Waals surface area (Å²) in [5.41, 5.74) is 1.39. The van der Waals surface area contributed by atoms with E-state index in [0.29, 0.717) is 18.4 Å². The maximum absolute atomic E-state index is 12.7. The van der Waals surface area contributed by atoms with E-state index < -0.39 is 0 Å². The Kier molecular flexibility index (Phi) is 7.17. The molecule has 2 aliphatic heterocycles. The quantitative estimate of drug-likeness (QED) is 0.567. The molecule has 166 valence electrons.